The predicted octanol–water partition coefficient (Wildman–Crippen LogP) is 12.7. The second-order valence-corrected chi connectivity index (χ2v) is 24.6. The normalized spacial score (nSPS) is 17.2. The number of aliphatic carboxylic acids is 2. The second-order valence-electron chi connectivity index (χ2n) is 22.4. The summed E-state index contributed by atoms with van der Waals surface area (Å²) in [6, 6.07) is 40.2. The highest BCUT2D eigenvalue weighted by Gasteiger charge is 2.42. The minimum atomic E-state index is -1.36. The van der Waals surface area contributed by atoms with Crippen LogP contribution in [0.15, 0.2) is 143 Å². The lowest BCUT2D eigenvalue weighted by Crippen LogP contribution is -2.38. The molecule has 2 N–H and O–H groups in total. The summed E-state index contributed by atoms with van der Waals surface area (Å²) in [5.74, 6) is -1.01. The van der Waals surface area contributed by atoms with Gasteiger partial charge in [-0.05, 0) is 181 Å². The van der Waals surface area contributed by atoms with E-state index in [0.29, 0.717) is 84.3 Å². The first-order chi connectivity index (χ1) is 39.3. The molecule has 2 amide bonds. The van der Waals surface area contributed by atoms with Crippen molar-refractivity contribution in [3.8, 4) is 23.0 Å². The fourth-order valence-corrected chi connectivity index (χ4v) is 11.4. The van der Waals surface area contributed by atoms with E-state index in [2.05, 4.69) is 0 Å². The van der Waals surface area contributed by atoms with Crippen LogP contribution in [0.2, 0.25) is 0 Å². The number of hydrogen-bond acceptors (Lipinski definition) is 12. The van der Waals surface area contributed by atoms with Crippen LogP contribution in [0.25, 0.3) is 0 Å². The Balaban J connectivity index is 0.000000239. The highest BCUT2D eigenvalue weighted by Crippen LogP contribution is 2.36. The van der Waals surface area contributed by atoms with Gasteiger partial charge >= 0.3 is 24.1 Å². The predicted molar refractivity (Wildman–Crippen MR) is 321 cm³/mol. The largest absolute Gasteiger partial charge is 0.478 e. The molecule has 0 radical (unpaired) electrons. The Morgan fingerprint density at radius 2 is 0.892 bits per heavy atom. The van der Waals surface area contributed by atoms with Crippen LogP contribution in [0.5, 0.6) is 23.0 Å². The molecule has 0 aromatic heterocycles. The molecule has 83 heavy (non-hydrogen) atoms. The van der Waals surface area contributed by atoms with E-state index < -0.39 is 52.0 Å². The van der Waals surface area contributed by atoms with E-state index in [1.807, 2.05) is 107 Å². The molecule has 15 nitrogen and oxygen atoms in total. The first-order valence-electron chi connectivity index (χ1n) is 27.6. The van der Waals surface area contributed by atoms with Crippen LogP contribution >= 0.6 is 11.8 Å². The number of carbonyl (C=O) groups is 6. The number of amides is 2. The molecule has 5 atom stereocenters. The molecule has 0 aliphatic carbocycles. The maximum absolute atomic E-state index is 13.7. The number of thioether (sulfide) groups is 1. The van der Waals surface area contributed by atoms with Gasteiger partial charge in [-0.15, -0.1) is 11.8 Å². The number of carbonyl (C=O) groups excluding carboxylic acids is 4. The maximum atomic E-state index is 13.7. The smallest absolute Gasteiger partial charge is 0.415 e. The summed E-state index contributed by atoms with van der Waals surface area (Å²) in [5.41, 5.74) is 3.94. The lowest BCUT2D eigenvalue weighted by Gasteiger charge is -2.25. The molecule has 2 saturated heterocycles. The van der Waals surface area contributed by atoms with E-state index >= 15 is 0 Å². The monoisotopic (exact) mass is 1170 g/mol. The summed E-state index contributed by atoms with van der Waals surface area (Å²) < 4.78 is 34.7. The number of likely N-dealkylation sites (tertiary alicyclic amines) is 2. The summed E-state index contributed by atoms with van der Waals surface area (Å²) in [4.78, 5) is 81.6. The molecule has 438 valence electrons. The number of nitrogens with zero attached hydrogens (tertiary/aromatic N) is 2. The number of rotatable bonds is 20. The van der Waals surface area contributed by atoms with Crippen molar-refractivity contribution in [3.05, 3.63) is 178 Å². The number of carboxylic acids is 2. The van der Waals surface area contributed by atoms with Crippen LogP contribution in [0.1, 0.15) is 94.6 Å². The van der Waals surface area contributed by atoms with Crippen LogP contribution in [0, 0.1) is 51.4 Å². The highest BCUT2D eigenvalue weighted by molar-refractivity contribution is 7.98. The Morgan fingerprint density at radius 3 is 1.22 bits per heavy atom. The van der Waals surface area contributed by atoms with E-state index in [9.17, 15) is 43.2 Å². The quantitative estimate of drug-likeness (QED) is 0.0539. The van der Waals surface area contributed by atoms with Gasteiger partial charge in [0.1, 0.15) is 23.0 Å². The average molecular weight is 1170 g/mol. The molecule has 1 unspecified atom stereocenters. The number of para-hydroxylation sites is 2. The molecule has 2 fully saturated rings. The second kappa shape index (κ2) is 27.5. The topological polar surface area (TPSA) is 203 Å². The lowest BCUT2D eigenvalue weighted by atomic mass is 9.84. The summed E-state index contributed by atoms with van der Waals surface area (Å²) in [6.45, 7) is 15.0. The third-order valence-electron chi connectivity index (χ3n) is 15.2. The number of ketones is 2. The van der Waals surface area contributed by atoms with Crippen molar-refractivity contribution in [3.63, 3.8) is 0 Å². The van der Waals surface area contributed by atoms with Crippen molar-refractivity contribution in [2.75, 3.05) is 38.7 Å². The zero-order valence-corrected chi connectivity index (χ0v) is 50.4. The van der Waals surface area contributed by atoms with Crippen molar-refractivity contribution in [1.82, 2.24) is 9.80 Å². The van der Waals surface area contributed by atoms with E-state index in [1.54, 1.807) is 88.5 Å². The van der Waals surface area contributed by atoms with E-state index in [0.717, 1.165) is 38.3 Å². The fourth-order valence-electron chi connectivity index (χ4n) is 10.5. The Hall–Kier alpha value is -7.76. The number of carboxylic acid groups (broad SMARTS) is 2. The van der Waals surface area contributed by atoms with Gasteiger partial charge in [0.2, 0.25) is 0 Å². The Kier molecular flexibility index (Phi) is 20.9. The molecule has 8 rings (SSSR count). The third-order valence-corrected chi connectivity index (χ3v) is 16.9. The van der Waals surface area contributed by atoms with Crippen molar-refractivity contribution < 1.29 is 62.1 Å². The van der Waals surface area contributed by atoms with Gasteiger partial charge in [0.15, 0.2) is 22.8 Å². The van der Waals surface area contributed by atoms with Gasteiger partial charge in [-0.3, -0.25) is 13.8 Å². The Morgan fingerprint density at radius 1 is 0.542 bits per heavy atom. The van der Waals surface area contributed by atoms with Crippen LogP contribution in [-0.2, 0) is 33.2 Å². The van der Waals surface area contributed by atoms with Crippen LogP contribution in [0.4, 0.5) is 9.59 Å². The van der Waals surface area contributed by atoms with Gasteiger partial charge in [0.05, 0.1) is 0 Å². The van der Waals surface area contributed by atoms with E-state index in [1.165, 1.54) is 27.7 Å². The van der Waals surface area contributed by atoms with Gasteiger partial charge < -0.3 is 39.0 Å². The molecular formula is C66H74N2O13S2. The molecule has 17 heteroatoms. The maximum Gasteiger partial charge on any atom is 0.415 e. The number of ether oxygens (including phenoxy) is 4. The van der Waals surface area contributed by atoms with Gasteiger partial charge in [0, 0.05) is 76.0 Å². The molecule has 0 bridgehead atoms. The summed E-state index contributed by atoms with van der Waals surface area (Å²) in [5, 5.41) is 18.9. The Bertz CT molecular complexity index is 3280. The fraction of sp³-hybridized carbons (Fsp3) is 0.364. The number of Topliss-reactive ketones (excluding diaryl/α,β-unsaturated/α-hetero) is 2. The lowest BCUT2D eigenvalue weighted by molar-refractivity contribution is -0.152. The van der Waals surface area contributed by atoms with Crippen molar-refractivity contribution >= 4 is 58.3 Å². The zero-order valence-electron chi connectivity index (χ0n) is 48.8. The number of aryl methyl sites for hydroxylation is 6. The van der Waals surface area contributed by atoms with Crippen LogP contribution in [0.3, 0.4) is 0 Å². The molecule has 2 aliphatic rings. The molecule has 2 heterocycles. The number of benzene rings is 6. The standard InChI is InChI=1S/C33H37NO7S.C33H37NO6S/c1-21-17-23(18-22(2)30(21)41-33(3,4)31(36)37)11-12-25-19-34(32(38)40-26-9-7-6-8-10-26)20-28(25)29(35)24-13-15-27(16-14-24)42(5)39;1-21-17-23(18-22(2)30(21)40-33(3,4)31(36)37)11-12-25-19-34(32(38)39-26-9-7-6-8-10-26)20-28(25)29(35)24-13-15-27(41-5)16-14-24/h6-10,13-18,25,28H,11-12,19-20H2,1-5H3,(H,36,37);6-10,13-18,25,28H,11-12,19-20H2,1-5H3,(H,36,37)/t25-,28-,42?;25-,28-/m00/s1. The molecule has 6 aromatic rings. The van der Waals surface area contributed by atoms with E-state index in [4.69, 9.17) is 18.9 Å². The van der Waals surface area contributed by atoms with Crippen molar-refractivity contribution in [2.24, 2.45) is 23.7 Å². The van der Waals surface area contributed by atoms with Gasteiger partial charge in [0.25, 0.3) is 0 Å². The van der Waals surface area contributed by atoms with Gasteiger partial charge in [-0.1, -0.05) is 84.9 Å². The minimum absolute atomic E-state index is 0.0321. The summed E-state index contributed by atoms with van der Waals surface area (Å²) >= 11 is 1.62. The minimum Gasteiger partial charge on any atom is -0.478 e. The first kappa shape index (κ1) is 62.8. The molecule has 0 saturated carbocycles. The third kappa shape index (κ3) is 16.3. The molecule has 2 aliphatic heterocycles. The average Bonchev–Trinajstić information content (AvgIpc) is 4.16. The Labute approximate surface area is 493 Å². The SMILES string of the molecule is CSc1ccc(C(=O)[C@H]2CN(C(=O)Oc3ccccc3)C[C@@H]2CCc2cc(C)c(OC(C)(C)C(=O)O)c(C)c2)cc1.Cc1cc(CC[C@H]2CN(C(=O)Oc3ccccc3)C[C@@H]2C(=O)c2ccc(S(C)=O)cc2)cc(C)c1OC(C)(C)C(=O)O. The first-order valence-corrected chi connectivity index (χ1v) is 30.4. The van der Waals surface area contributed by atoms with Crippen molar-refractivity contribution in [2.45, 2.75) is 102 Å². The van der Waals surface area contributed by atoms with E-state index in [-0.39, 0.29) is 35.9 Å². The number of hydrogen-bond donors (Lipinski definition) is 2. The molecular weight excluding hydrogens is 1090 g/mol. The summed E-state index contributed by atoms with van der Waals surface area (Å²) in [7, 11) is -1.15. The summed E-state index contributed by atoms with van der Waals surface area (Å²) in [6.07, 6.45) is 5.36. The van der Waals surface area contributed by atoms with Gasteiger partial charge in [-0.2, -0.15) is 0 Å². The molecule has 6 aromatic carbocycles. The van der Waals surface area contributed by atoms with Crippen molar-refractivity contribution in [1.29, 1.82) is 0 Å². The highest BCUT2D eigenvalue weighted by atomic mass is 32.2. The van der Waals surface area contributed by atoms with Crippen LogP contribution in [-0.4, -0.2) is 110 Å². The molecule has 0 spiro atoms. The van der Waals surface area contributed by atoms with Crippen LogP contribution < -0.4 is 18.9 Å². The van der Waals surface area contributed by atoms with Gasteiger partial charge in [-0.25, -0.2) is 19.2 Å². The zero-order chi connectivity index (χ0) is 60.3.